The molecular weight excluding hydrogens is 176 g/mol. The molecule has 1 fully saturated rings. The SMILES string of the molecule is COc1ccnc(NC2CCC2C)c1. The minimum absolute atomic E-state index is 0.592. The number of rotatable bonds is 3. The van der Waals surface area contributed by atoms with E-state index in [9.17, 15) is 0 Å². The molecule has 0 aliphatic heterocycles. The summed E-state index contributed by atoms with van der Waals surface area (Å²) in [7, 11) is 1.67. The van der Waals surface area contributed by atoms with Crippen LogP contribution >= 0.6 is 0 Å². The summed E-state index contributed by atoms with van der Waals surface area (Å²) in [6.07, 6.45) is 4.34. The van der Waals surface area contributed by atoms with E-state index < -0.39 is 0 Å². The number of hydrogen-bond donors (Lipinski definition) is 1. The highest BCUT2D eigenvalue weighted by atomic mass is 16.5. The summed E-state index contributed by atoms with van der Waals surface area (Å²) >= 11 is 0. The molecule has 0 radical (unpaired) electrons. The predicted molar refractivity (Wildman–Crippen MR) is 56.6 cm³/mol. The number of methoxy groups -OCH3 is 1. The molecule has 2 rings (SSSR count). The summed E-state index contributed by atoms with van der Waals surface area (Å²) in [4.78, 5) is 4.25. The Hall–Kier alpha value is -1.25. The quantitative estimate of drug-likeness (QED) is 0.798. The first-order valence-electron chi connectivity index (χ1n) is 5.06. The van der Waals surface area contributed by atoms with Gasteiger partial charge in [-0.25, -0.2) is 4.98 Å². The first-order chi connectivity index (χ1) is 6.79. The molecular formula is C11H16N2O. The third kappa shape index (κ3) is 1.81. The molecule has 0 spiro atoms. The van der Waals surface area contributed by atoms with Gasteiger partial charge < -0.3 is 10.1 Å². The van der Waals surface area contributed by atoms with Gasteiger partial charge in [0.2, 0.25) is 0 Å². The lowest BCUT2D eigenvalue weighted by Gasteiger charge is -2.34. The van der Waals surface area contributed by atoms with Crippen LogP contribution in [0.15, 0.2) is 18.3 Å². The van der Waals surface area contributed by atoms with Gasteiger partial charge in [-0.05, 0) is 24.8 Å². The van der Waals surface area contributed by atoms with Crippen molar-refractivity contribution in [3.63, 3.8) is 0 Å². The maximum Gasteiger partial charge on any atom is 0.129 e. The van der Waals surface area contributed by atoms with Crippen LogP contribution in [0.2, 0.25) is 0 Å². The molecule has 14 heavy (non-hydrogen) atoms. The van der Waals surface area contributed by atoms with Crippen molar-refractivity contribution in [2.24, 2.45) is 5.92 Å². The van der Waals surface area contributed by atoms with Gasteiger partial charge in [0.1, 0.15) is 11.6 Å². The lowest BCUT2D eigenvalue weighted by atomic mass is 9.81. The second-order valence-corrected chi connectivity index (χ2v) is 3.89. The number of hydrogen-bond acceptors (Lipinski definition) is 3. The fourth-order valence-corrected chi connectivity index (χ4v) is 1.69. The van der Waals surface area contributed by atoms with Crippen LogP contribution in [-0.2, 0) is 0 Å². The Kier molecular flexibility index (Phi) is 2.57. The Morgan fingerprint density at radius 1 is 1.50 bits per heavy atom. The van der Waals surface area contributed by atoms with Crippen LogP contribution in [0.4, 0.5) is 5.82 Å². The van der Waals surface area contributed by atoms with E-state index in [0.29, 0.717) is 6.04 Å². The fourth-order valence-electron chi connectivity index (χ4n) is 1.69. The van der Waals surface area contributed by atoms with E-state index in [1.807, 2.05) is 12.1 Å². The third-order valence-electron chi connectivity index (χ3n) is 2.92. The number of anilines is 1. The zero-order valence-corrected chi connectivity index (χ0v) is 8.66. The number of nitrogens with zero attached hydrogens (tertiary/aromatic N) is 1. The molecule has 1 aromatic heterocycles. The predicted octanol–water partition coefficient (Wildman–Crippen LogP) is 2.30. The van der Waals surface area contributed by atoms with Gasteiger partial charge >= 0.3 is 0 Å². The highest BCUT2D eigenvalue weighted by Crippen LogP contribution is 2.29. The molecule has 1 saturated carbocycles. The van der Waals surface area contributed by atoms with E-state index in [0.717, 1.165) is 17.5 Å². The van der Waals surface area contributed by atoms with Crippen molar-refractivity contribution >= 4 is 5.82 Å². The molecule has 0 amide bonds. The third-order valence-corrected chi connectivity index (χ3v) is 2.92. The molecule has 0 saturated heterocycles. The Morgan fingerprint density at radius 2 is 2.36 bits per heavy atom. The van der Waals surface area contributed by atoms with Crippen LogP contribution in [0, 0.1) is 5.92 Å². The zero-order valence-electron chi connectivity index (χ0n) is 8.66. The first kappa shape index (κ1) is 9.31. The number of nitrogens with one attached hydrogen (secondary N) is 1. The van der Waals surface area contributed by atoms with E-state index >= 15 is 0 Å². The lowest BCUT2D eigenvalue weighted by molar-refractivity contribution is 0.303. The van der Waals surface area contributed by atoms with Crippen LogP contribution in [0.1, 0.15) is 19.8 Å². The fraction of sp³-hybridized carbons (Fsp3) is 0.545. The van der Waals surface area contributed by atoms with Crippen molar-refractivity contribution in [1.82, 2.24) is 4.98 Å². The van der Waals surface area contributed by atoms with Gasteiger partial charge in [-0.2, -0.15) is 0 Å². The topological polar surface area (TPSA) is 34.1 Å². The van der Waals surface area contributed by atoms with Gasteiger partial charge in [-0.15, -0.1) is 0 Å². The van der Waals surface area contributed by atoms with Crippen molar-refractivity contribution in [2.45, 2.75) is 25.8 Å². The van der Waals surface area contributed by atoms with Crippen molar-refractivity contribution in [3.8, 4) is 5.75 Å². The summed E-state index contributed by atoms with van der Waals surface area (Å²) < 4.78 is 5.13. The molecule has 0 aromatic carbocycles. The monoisotopic (exact) mass is 192 g/mol. The standard InChI is InChI=1S/C11H16N2O/c1-8-3-4-10(8)13-11-7-9(14-2)5-6-12-11/h5-8,10H,3-4H2,1-2H3,(H,12,13). The molecule has 76 valence electrons. The smallest absolute Gasteiger partial charge is 0.129 e. The summed E-state index contributed by atoms with van der Waals surface area (Å²) in [6.45, 7) is 2.27. The average molecular weight is 192 g/mol. The van der Waals surface area contributed by atoms with Crippen molar-refractivity contribution < 1.29 is 4.74 Å². The summed E-state index contributed by atoms with van der Waals surface area (Å²) in [5, 5.41) is 3.41. The lowest BCUT2D eigenvalue weighted by Crippen LogP contribution is -2.36. The molecule has 3 nitrogen and oxygen atoms in total. The van der Waals surface area contributed by atoms with Gasteiger partial charge in [0.25, 0.3) is 0 Å². The van der Waals surface area contributed by atoms with Crippen LogP contribution < -0.4 is 10.1 Å². The molecule has 1 heterocycles. The Labute approximate surface area is 84.5 Å². The zero-order chi connectivity index (χ0) is 9.97. The second-order valence-electron chi connectivity index (χ2n) is 3.89. The summed E-state index contributed by atoms with van der Waals surface area (Å²) in [6, 6.07) is 4.38. The van der Waals surface area contributed by atoms with E-state index in [-0.39, 0.29) is 0 Å². The van der Waals surface area contributed by atoms with E-state index in [1.54, 1.807) is 13.3 Å². The highest BCUT2D eigenvalue weighted by molar-refractivity contribution is 5.41. The molecule has 1 aliphatic rings. The molecule has 1 N–H and O–H groups in total. The van der Waals surface area contributed by atoms with Gasteiger partial charge in [0.05, 0.1) is 7.11 Å². The first-order valence-corrected chi connectivity index (χ1v) is 5.06. The normalized spacial score (nSPS) is 25.3. The molecule has 0 bridgehead atoms. The summed E-state index contributed by atoms with van der Waals surface area (Å²) in [5.41, 5.74) is 0. The highest BCUT2D eigenvalue weighted by Gasteiger charge is 2.26. The van der Waals surface area contributed by atoms with Crippen LogP contribution in [0.25, 0.3) is 0 Å². The molecule has 2 unspecified atom stereocenters. The van der Waals surface area contributed by atoms with Crippen LogP contribution in [0.5, 0.6) is 5.75 Å². The van der Waals surface area contributed by atoms with Crippen molar-refractivity contribution in [3.05, 3.63) is 18.3 Å². The number of ether oxygens (including phenoxy) is 1. The maximum atomic E-state index is 5.13. The molecule has 1 aliphatic carbocycles. The largest absolute Gasteiger partial charge is 0.497 e. The molecule has 2 atom stereocenters. The van der Waals surface area contributed by atoms with Gasteiger partial charge in [-0.1, -0.05) is 6.92 Å². The van der Waals surface area contributed by atoms with Gasteiger partial charge in [-0.3, -0.25) is 0 Å². The molecule has 1 aromatic rings. The second kappa shape index (κ2) is 3.86. The number of aromatic nitrogens is 1. The minimum atomic E-state index is 0.592. The van der Waals surface area contributed by atoms with Crippen LogP contribution in [-0.4, -0.2) is 18.1 Å². The Bertz CT molecular complexity index is 314. The van der Waals surface area contributed by atoms with Gasteiger partial charge in [0, 0.05) is 18.3 Å². The number of pyridine rings is 1. The van der Waals surface area contributed by atoms with E-state index in [2.05, 4.69) is 17.2 Å². The Morgan fingerprint density at radius 3 is 2.93 bits per heavy atom. The maximum absolute atomic E-state index is 5.13. The minimum Gasteiger partial charge on any atom is -0.497 e. The van der Waals surface area contributed by atoms with E-state index in [4.69, 9.17) is 4.74 Å². The van der Waals surface area contributed by atoms with Gasteiger partial charge in [0.15, 0.2) is 0 Å². The summed E-state index contributed by atoms with van der Waals surface area (Å²) in [5.74, 6) is 2.54. The average Bonchev–Trinajstić information content (AvgIpc) is 2.24. The van der Waals surface area contributed by atoms with Crippen molar-refractivity contribution in [2.75, 3.05) is 12.4 Å². The van der Waals surface area contributed by atoms with E-state index in [1.165, 1.54) is 12.8 Å². The molecule has 3 heteroatoms. The van der Waals surface area contributed by atoms with Crippen LogP contribution in [0.3, 0.4) is 0 Å². The van der Waals surface area contributed by atoms with Crippen molar-refractivity contribution in [1.29, 1.82) is 0 Å². The Balaban J connectivity index is 2.01.